The molecule has 0 aliphatic carbocycles. The van der Waals surface area contributed by atoms with Crippen LogP contribution < -0.4 is 9.47 Å². The molecule has 4 nitrogen and oxygen atoms in total. The molecule has 0 saturated carbocycles. The molecule has 27 heavy (non-hydrogen) atoms. The van der Waals surface area contributed by atoms with E-state index in [2.05, 4.69) is 15.9 Å². The molecule has 0 bridgehead atoms. The molecule has 1 aliphatic heterocycles. The zero-order valence-corrected chi connectivity index (χ0v) is 18.3. The largest absolute Gasteiger partial charge is 0.496 e. The maximum Gasteiger partial charge on any atom is 0.266 e. The Morgan fingerprint density at radius 2 is 1.81 bits per heavy atom. The van der Waals surface area contributed by atoms with Crippen LogP contribution in [-0.4, -0.2) is 29.3 Å². The smallest absolute Gasteiger partial charge is 0.266 e. The second-order valence-electron chi connectivity index (χ2n) is 5.98. The van der Waals surface area contributed by atoms with E-state index in [1.165, 1.54) is 17.3 Å². The van der Waals surface area contributed by atoms with Gasteiger partial charge in [0.05, 0.1) is 30.1 Å². The van der Waals surface area contributed by atoms with Crippen molar-refractivity contribution in [2.75, 3.05) is 14.2 Å². The topological polar surface area (TPSA) is 38.8 Å². The van der Waals surface area contributed by atoms with Crippen molar-refractivity contribution in [2.45, 2.75) is 13.5 Å². The SMILES string of the molecule is COc1cc(OC)c(/C=C2\SC(=S)N(Cc3ccc(C)cc3)C2=O)cc1Br. The maximum atomic E-state index is 12.9. The molecule has 1 saturated heterocycles. The van der Waals surface area contributed by atoms with Crippen LogP contribution in [0.5, 0.6) is 11.5 Å². The number of hydrogen-bond acceptors (Lipinski definition) is 5. The molecule has 1 fully saturated rings. The minimum Gasteiger partial charge on any atom is -0.496 e. The van der Waals surface area contributed by atoms with Gasteiger partial charge in [-0.2, -0.15) is 0 Å². The normalized spacial score (nSPS) is 15.6. The van der Waals surface area contributed by atoms with Gasteiger partial charge in [-0.25, -0.2) is 0 Å². The van der Waals surface area contributed by atoms with Gasteiger partial charge in [-0.15, -0.1) is 0 Å². The molecule has 0 radical (unpaired) electrons. The highest BCUT2D eigenvalue weighted by Gasteiger charge is 2.32. The summed E-state index contributed by atoms with van der Waals surface area (Å²) in [5.74, 6) is 1.19. The lowest BCUT2D eigenvalue weighted by Crippen LogP contribution is -2.27. The number of hydrogen-bond donors (Lipinski definition) is 0. The molecule has 2 aromatic carbocycles. The fourth-order valence-corrected chi connectivity index (χ4v) is 4.42. The number of aryl methyl sites for hydroxylation is 1. The summed E-state index contributed by atoms with van der Waals surface area (Å²) in [5.41, 5.74) is 3.00. The summed E-state index contributed by atoms with van der Waals surface area (Å²) in [6.45, 7) is 2.50. The number of halogens is 1. The highest BCUT2D eigenvalue weighted by atomic mass is 79.9. The molecule has 1 amide bonds. The van der Waals surface area contributed by atoms with Gasteiger partial charge in [0.2, 0.25) is 0 Å². The average molecular weight is 464 g/mol. The van der Waals surface area contributed by atoms with Crippen molar-refractivity contribution in [3.8, 4) is 11.5 Å². The number of amides is 1. The van der Waals surface area contributed by atoms with Gasteiger partial charge >= 0.3 is 0 Å². The molecule has 1 aliphatic rings. The maximum absolute atomic E-state index is 12.9. The van der Waals surface area contributed by atoms with Crippen LogP contribution in [0.15, 0.2) is 45.8 Å². The molecule has 0 aromatic heterocycles. The number of thioether (sulfide) groups is 1. The fraction of sp³-hybridized carbons (Fsp3) is 0.200. The quantitative estimate of drug-likeness (QED) is 0.451. The van der Waals surface area contributed by atoms with Crippen LogP contribution >= 0.6 is 39.9 Å². The van der Waals surface area contributed by atoms with Gasteiger partial charge in [0.25, 0.3) is 5.91 Å². The Morgan fingerprint density at radius 3 is 2.44 bits per heavy atom. The molecule has 1 heterocycles. The Labute approximate surface area is 176 Å². The Morgan fingerprint density at radius 1 is 1.15 bits per heavy atom. The average Bonchev–Trinajstić information content (AvgIpc) is 2.91. The number of ether oxygens (including phenoxy) is 2. The fourth-order valence-electron chi connectivity index (χ4n) is 2.65. The summed E-state index contributed by atoms with van der Waals surface area (Å²) in [4.78, 5) is 15.1. The zero-order valence-electron chi connectivity index (χ0n) is 15.1. The Bertz CT molecular complexity index is 926. The van der Waals surface area contributed by atoms with E-state index in [9.17, 15) is 4.79 Å². The number of benzene rings is 2. The number of rotatable bonds is 5. The van der Waals surface area contributed by atoms with Crippen LogP contribution in [0.3, 0.4) is 0 Å². The number of carbonyl (C=O) groups excluding carboxylic acids is 1. The van der Waals surface area contributed by atoms with Gasteiger partial charge in [0.15, 0.2) is 0 Å². The number of carbonyl (C=O) groups is 1. The molecule has 2 aromatic rings. The summed E-state index contributed by atoms with van der Waals surface area (Å²) < 4.78 is 12.1. The predicted molar refractivity (Wildman–Crippen MR) is 117 cm³/mol. The summed E-state index contributed by atoms with van der Waals surface area (Å²) in [6, 6.07) is 11.7. The van der Waals surface area contributed by atoms with Crippen molar-refractivity contribution >= 4 is 56.2 Å². The highest BCUT2D eigenvalue weighted by molar-refractivity contribution is 9.10. The summed E-state index contributed by atoms with van der Waals surface area (Å²) in [7, 11) is 3.18. The minimum absolute atomic E-state index is 0.0976. The van der Waals surface area contributed by atoms with E-state index in [1.807, 2.05) is 37.3 Å². The third kappa shape index (κ3) is 4.36. The second-order valence-corrected chi connectivity index (χ2v) is 8.51. The summed E-state index contributed by atoms with van der Waals surface area (Å²) in [5, 5.41) is 0. The number of methoxy groups -OCH3 is 2. The predicted octanol–water partition coefficient (Wildman–Crippen LogP) is 5.18. The van der Waals surface area contributed by atoms with Crippen molar-refractivity contribution < 1.29 is 14.3 Å². The number of thiocarbonyl (C=S) groups is 1. The molecule has 0 unspecified atom stereocenters. The van der Waals surface area contributed by atoms with Crippen molar-refractivity contribution in [1.82, 2.24) is 4.90 Å². The molecule has 3 rings (SSSR count). The van der Waals surface area contributed by atoms with Crippen LogP contribution in [0.1, 0.15) is 16.7 Å². The summed E-state index contributed by atoms with van der Waals surface area (Å²) in [6.07, 6.45) is 1.80. The number of nitrogens with zero attached hydrogens (tertiary/aromatic N) is 1. The Balaban J connectivity index is 1.88. The van der Waals surface area contributed by atoms with Crippen molar-refractivity contribution in [2.24, 2.45) is 0 Å². The molecule has 0 spiro atoms. The van der Waals surface area contributed by atoms with Crippen LogP contribution in [0.25, 0.3) is 6.08 Å². The minimum atomic E-state index is -0.0976. The van der Waals surface area contributed by atoms with Gasteiger partial charge in [-0.1, -0.05) is 53.8 Å². The van der Waals surface area contributed by atoms with Crippen molar-refractivity contribution in [3.05, 3.63) is 62.5 Å². The third-order valence-corrected chi connectivity index (χ3v) is 6.12. The van der Waals surface area contributed by atoms with E-state index in [0.29, 0.717) is 27.3 Å². The first-order valence-corrected chi connectivity index (χ1v) is 10.2. The van der Waals surface area contributed by atoms with Crippen molar-refractivity contribution in [3.63, 3.8) is 0 Å². The summed E-state index contributed by atoms with van der Waals surface area (Å²) >= 11 is 10.2. The first kappa shape index (κ1) is 19.9. The van der Waals surface area contributed by atoms with E-state index in [1.54, 1.807) is 31.3 Å². The van der Waals surface area contributed by atoms with E-state index in [4.69, 9.17) is 21.7 Å². The highest BCUT2D eigenvalue weighted by Crippen LogP contribution is 2.38. The van der Waals surface area contributed by atoms with E-state index in [0.717, 1.165) is 15.6 Å². The lowest BCUT2D eigenvalue weighted by atomic mass is 10.1. The Hall–Kier alpha value is -1.83. The van der Waals surface area contributed by atoms with Gasteiger partial charge < -0.3 is 9.47 Å². The standard InChI is InChI=1S/C20H18BrNO3S2/c1-12-4-6-13(7-5-12)11-22-19(23)18(27-20(22)26)9-14-8-15(21)17(25-3)10-16(14)24-2/h4-10H,11H2,1-3H3/b18-9-. The van der Waals surface area contributed by atoms with E-state index < -0.39 is 0 Å². The lowest BCUT2D eigenvalue weighted by molar-refractivity contribution is -0.122. The molecule has 0 N–H and O–H groups in total. The lowest BCUT2D eigenvalue weighted by Gasteiger charge is -2.14. The molecule has 7 heteroatoms. The first-order chi connectivity index (χ1) is 12.9. The first-order valence-electron chi connectivity index (χ1n) is 8.15. The van der Waals surface area contributed by atoms with Crippen LogP contribution in [0, 0.1) is 6.92 Å². The third-order valence-electron chi connectivity index (χ3n) is 4.13. The van der Waals surface area contributed by atoms with Gasteiger partial charge in [-0.3, -0.25) is 9.69 Å². The van der Waals surface area contributed by atoms with Gasteiger partial charge in [0, 0.05) is 11.6 Å². The molecular formula is C20H18BrNO3S2. The Kier molecular flexibility index (Phi) is 6.24. The second kappa shape index (κ2) is 8.46. The van der Waals surface area contributed by atoms with Gasteiger partial charge in [0.1, 0.15) is 15.8 Å². The van der Waals surface area contributed by atoms with E-state index in [-0.39, 0.29) is 5.91 Å². The van der Waals surface area contributed by atoms with Crippen LogP contribution in [-0.2, 0) is 11.3 Å². The molecular weight excluding hydrogens is 446 g/mol. The van der Waals surface area contributed by atoms with Crippen LogP contribution in [0.2, 0.25) is 0 Å². The molecule has 0 atom stereocenters. The van der Waals surface area contributed by atoms with Crippen molar-refractivity contribution in [1.29, 1.82) is 0 Å². The van der Waals surface area contributed by atoms with E-state index >= 15 is 0 Å². The zero-order chi connectivity index (χ0) is 19.6. The van der Waals surface area contributed by atoms with Crippen LogP contribution in [0.4, 0.5) is 0 Å². The molecule has 140 valence electrons. The monoisotopic (exact) mass is 463 g/mol. The van der Waals surface area contributed by atoms with Gasteiger partial charge in [-0.05, 0) is 40.6 Å².